The highest BCUT2D eigenvalue weighted by Gasteiger charge is 2.29. The van der Waals surface area contributed by atoms with E-state index in [4.69, 9.17) is 4.74 Å². The van der Waals surface area contributed by atoms with Crippen LogP contribution in [0.5, 0.6) is 0 Å². The van der Waals surface area contributed by atoms with Crippen LogP contribution in [0.2, 0.25) is 0 Å². The zero-order valence-corrected chi connectivity index (χ0v) is 14.3. The van der Waals surface area contributed by atoms with Crippen molar-refractivity contribution in [3.63, 3.8) is 0 Å². The summed E-state index contributed by atoms with van der Waals surface area (Å²) >= 11 is 0. The Kier molecular flexibility index (Phi) is 6.24. The fraction of sp³-hybridized carbons (Fsp3) is 0.632. The minimum absolute atomic E-state index is 0.00344. The fourth-order valence-corrected chi connectivity index (χ4v) is 3.73. The van der Waals surface area contributed by atoms with Crippen LogP contribution in [0.25, 0.3) is 0 Å². The number of carbonyl (C=O) groups excluding carboxylic acids is 1. The van der Waals surface area contributed by atoms with Gasteiger partial charge in [-0.05, 0) is 36.9 Å². The summed E-state index contributed by atoms with van der Waals surface area (Å²) in [5.41, 5.74) is 2.36. The van der Waals surface area contributed by atoms with Gasteiger partial charge in [0.1, 0.15) is 0 Å². The molecule has 3 rings (SSSR count). The zero-order chi connectivity index (χ0) is 16.8. The van der Waals surface area contributed by atoms with Crippen molar-refractivity contribution in [2.75, 3.05) is 46.0 Å². The summed E-state index contributed by atoms with van der Waals surface area (Å²) in [6, 6.07) is 7.96. The van der Waals surface area contributed by atoms with Gasteiger partial charge in [-0.15, -0.1) is 0 Å². The van der Waals surface area contributed by atoms with E-state index in [1.807, 2.05) is 23.1 Å². The summed E-state index contributed by atoms with van der Waals surface area (Å²) in [4.78, 5) is 16.9. The minimum atomic E-state index is -0.179. The monoisotopic (exact) mass is 332 g/mol. The summed E-state index contributed by atoms with van der Waals surface area (Å²) in [5.74, 6) is 0.172. The first-order valence-electron chi connectivity index (χ1n) is 9.08. The zero-order valence-electron chi connectivity index (χ0n) is 14.3. The van der Waals surface area contributed by atoms with Gasteiger partial charge >= 0.3 is 0 Å². The lowest BCUT2D eigenvalue weighted by Gasteiger charge is -2.36. The predicted molar refractivity (Wildman–Crippen MR) is 92.8 cm³/mol. The Morgan fingerprint density at radius 1 is 1.17 bits per heavy atom. The number of hydrogen-bond acceptors (Lipinski definition) is 4. The van der Waals surface area contributed by atoms with Crippen LogP contribution in [0, 0.1) is 0 Å². The molecule has 1 atom stereocenters. The molecule has 2 aliphatic rings. The molecule has 1 unspecified atom stereocenters. The van der Waals surface area contributed by atoms with Crippen LogP contribution in [0.15, 0.2) is 24.3 Å². The number of morpholine rings is 1. The molecular formula is C19H28N2O3. The number of aliphatic hydroxyl groups excluding tert-OH is 1. The molecule has 0 bridgehead atoms. The van der Waals surface area contributed by atoms with Crippen molar-refractivity contribution in [1.82, 2.24) is 9.80 Å². The molecule has 24 heavy (non-hydrogen) atoms. The van der Waals surface area contributed by atoms with Crippen molar-refractivity contribution >= 4 is 5.91 Å². The second-order valence-corrected chi connectivity index (χ2v) is 6.65. The average Bonchev–Trinajstić information content (AvgIpc) is 2.65. The molecule has 5 heteroatoms. The number of rotatable bonds is 6. The van der Waals surface area contributed by atoms with Crippen LogP contribution in [0.4, 0.5) is 0 Å². The van der Waals surface area contributed by atoms with Gasteiger partial charge in [-0.1, -0.05) is 24.3 Å². The van der Waals surface area contributed by atoms with E-state index in [0.717, 1.165) is 57.7 Å². The second-order valence-electron chi connectivity index (χ2n) is 6.65. The Morgan fingerprint density at radius 3 is 2.75 bits per heavy atom. The number of carbonyl (C=O) groups is 1. The summed E-state index contributed by atoms with van der Waals surface area (Å²) < 4.78 is 5.35. The van der Waals surface area contributed by atoms with E-state index in [-0.39, 0.29) is 18.6 Å². The van der Waals surface area contributed by atoms with Gasteiger partial charge < -0.3 is 14.7 Å². The highest BCUT2D eigenvalue weighted by atomic mass is 16.5. The molecule has 1 aromatic carbocycles. The lowest BCUT2D eigenvalue weighted by atomic mass is 9.92. The maximum Gasteiger partial charge on any atom is 0.223 e. The molecule has 0 saturated carbocycles. The standard InChI is InChI=1S/C19H28N2O3/c22-15-18-17-6-2-1-5-16(17)8-10-21(18)19(23)7-3-4-9-20-11-13-24-14-12-20/h1-2,5-6,18,22H,3-4,7-15H2. The molecule has 0 radical (unpaired) electrons. The highest BCUT2D eigenvalue weighted by molar-refractivity contribution is 5.77. The molecule has 0 aliphatic carbocycles. The maximum absolute atomic E-state index is 12.6. The van der Waals surface area contributed by atoms with E-state index >= 15 is 0 Å². The normalized spacial score (nSPS) is 21.5. The number of aliphatic hydroxyl groups is 1. The van der Waals surface area contributed by atoms with Gasteiger partial charge in [-0.2, -0.15) is 0 Å². The number of amides is 1. The first kappa shape index (κ1) is 17.4. The van der Waals surface area contributed by atoms with Gasteiger partial charge in [-0.3, -0.25) is 9.69 Å². The highest BCUT2D eigenvalue weighted by Crippen LogP contribution is 2.29. The summed E-state index contributed by atoms with van der Waals surface area (Å²) in [5, 5.41) is 9.79. The summed E-state index contributed by atoms with van der Waals surface area (Å²) in [6.45, 7) is 5.41. The molecule has 1 N–H and O–H groups in total. The topological polar surface area (TPSA) is 53.0 Å². The Labute approximate surface area is 144 Å². The number of unbranched alkanes of at least 4 members (excludes halogenated alkanes) is 1. The van der Waals surface area contributed by atoms with E-state index in [1.165, 1.54) is 5.56 Å². The Morgan fingerprint density at radius 2 is 1.96 bits per heavy atom. The lowest BCUT2D eigenvalue weighted by molar-refractivity contribution is -0.135. The molecule has 1 aromatic rings. The third-order valence-electron chi connectivity index (χ3n) is 5.12. The van der Waals surface area contributed by atoms with Crippen molar-refractivity contribution in [2.24, 2.45) is 0 Å². The van der Waals surface area contributed by atoms with Crippen LogP contribution >= 0.6 is 0 Å². The van der Waals surface area contributed by atoms with Gasteiger partial charge in [0, 0.05) is 26.1 Å². The predicted octanol–water partition coefficient (Wildman–Crippen LogP) is 1.61. The lowest BCUT2D eigenvalue weighted by Crippen LogP contribution is -2.41. The first-order chi connectivity index (χ1) is 11.8. The minimum Gasteiger partial charge on any atom is -0.394 e. The Bertz CT molecular complexity index is 543. The molecular weight excluding hydrogens is 304 g/mol. The summed E-state index contributed by atoms with van der Waals surface area (Å²) in [7, 11) is 0. The third-order valence-corrected chi connectivity index (χ3v) is 5.12. The van der Waals surface area contributed by atoms with E-state index in [1.54, 1.807) is 0 Å². The largest absolute Gasteiger partial charge is 0.394 e. The smallest absolute Gasteiger partial charge is 0.223 e. The molecule has 2 heterocycles. The van der Waals surface area contributed by atoms with Crippen LogP contribution in [-0.4, -0.2) is 66.8 Å². The molecule has 132 valence electrons. The van der Waals surface area contributed by atoms with Crippen LogP contribution in [-0.2, 0) is 16.0 Å². The molecule has 1 saturated heterocycles. The van der Waals surface area contributed by atoms with Crippen LogP contribution in [0.1, 0.15) is 36.4 Å². The van der Waals surface area contributed by atoms with Gasteiger partial charge in [0.15, 0.2) is 0 Å². The van der Waals surface area contributed by atoms with Crippen molar-refractivity contribution in [3.8, 4) is 0 Å². The molecule has 2 aliphatic heterocycles. The molecule has 0 aromatic heterocycles. The van der Waals surface area contributed by atoms with Crippen LogP contribution < -0.4 is 0 Å². The number of nitrogens with zero attached hydrogens (tertiary/aromatic N) is 2. The quantitative estimate of drug-likeness (QED) is 0.804. The Hall–Kier alpha value is -1.43. The molecule has 5 nitrogen and oxygen atoms in total. The van der Waals surface area contributed by atoms with Gasteiger partial charge in [0.2, 0.25) is 5.91 Å². The number of fused-ring (bicyclic) bond motifs is 1. The van der Waals surface area contributed by atoms with Gasteiger partial charge in [0.25, 0.3) is 0 Å². The van der Waals surface area contributed by atoms with E-state index in [0.29, 0.717) is 13.0 Å². The van der Waals surface area contributed by atoms with Gasteiger partial charge in [0.05, 0.1) is 25.9 Å². The van der Waals surface area contributed by atoms with Crippen molar-refractivity contribution in [2.45, 2.75) is 31.7 Å². The third kappa shape index (κ3) is 4.15. The maximum atomic E-state index is 12.6. The summed E-state index contributed by atoms with van der Waals surface area (Å²) in [6.07, 6.45) is 3.40. The number of benzene rings is 1. The van der Waals surface area contributed by atoms with Crippen LogP contribution in [0.3, 0.4) is 0 Å². The SMILES string of the molecule is O=C(CCCCN1CCOCC1)N1CCc2ccccc2C1CO. The molecule has 1 amide bonds. The number of hydrogen-bond donors (Lipinski definition) is 1. The molecule has 1 fully saturated rings. The van der Waals surface area contributed by atoms with E-state index in [9.17, 15) is 9.90 Å². The number of ether oxygens (including phenoxy) is 1. The fourth-order valence-electron chi connectivity index (χ4n) is 3.73. The average molecular weight is 332 g/mol. The Balaban J connectivity index is 1.48. The molecule has 0 spiro atoms. The van der Waals surface area contributed by atoms with E-state index in [2.05, 4.69) is 11.0 Å². The van der Waals surface area contributed by atoms with E-state index < -0.39 is 0 Å². The second kappa shape index (κ2) is 8.60. The van der Waals surface area contributed by atoms with Crippen molar-refractivity contribution in [3.05, 3.63) is 35.4 Å². The van der Waals surface area contributed by atoms with Crippen molar-refractivity contribution < 1.29 is 14.6 Å². The van der Waals surface area contributed by atoms with Crippen molar-refractivity contribution in [1.29, 1.82) is 0 Å². The first-order valence-corrected chi connectivity index (χ1v) is 9.08. The van der Waals surface area contributed by atoms with Gasteiger partial charge in [-0.25, -0.2) is 0 Å².